The fourth-order valence-corrected chi connectivity index (χ4v) is 4.66. The van der Waals surface area contributed by atoms with E-state index in [1.165, 1.54) is 25.7 Å². The molecule has 4 nitrogen and oxygen atoms in total. The van der Waals surface area contributed by atoms with Crippen LogP contribution in [0.15, 0.2) is 18.5 Å². The van der Waals surface area contributed by atoms with Crippen molar-refractivity contribution in [1.82, 2.24) is 14.7 Å². The summed E-state index contributed by atoms with van der Waals surface area (Å²) in [5.41, 5.74) is 0. The van der Waals surface area contributed by atoms with E-state index in [2.05, 4.69) is 10.00 Å². The number of nitrogens with zero attached hydrogens (tertiary/aromatic N) is 3. The molecule has 0 unspecified atom stereocenters. The summed E-state index contributed by atoms with van der Waals surface area (Å²) in [5, 5.41) is 4.31. The number of hydrogen-bond acceptors (Lipinski definition) is 2. The predicted octanol–water partition coefficient (Wildman–Crippen LogP) is 2.48. The Morgan fingerprint density at radius 1 is 1.25 bits per heavy atom. The SMILES string of the molecule is O=C(C[C@H]1C[C@H]2CC[C@H]1C2)N1CC[C@H](n2cccn2)C1. The Labute approximate surface area is 120 Å². The molecule has 3 aliphatic rings. The van der Waals surface area contributed by atoms with Gasteiger partial charge in [0.1, 0.15) is 0 Å². The summed E-state index contributed by atoms with van der Waals surface area (Å²) >= 11 is 0. The molecule has 4 atom stereocenters. The van der Waals surface area contributed by atoms with Gasteiger partial charge in [0.2, 0.25) is 5.91 Å². The third kappa shape index (κ3) is 2.15. The fourth-order valence-electron chi connectivity index (χ4n) is 4.66. The van der Waals surface area contributed by atoms with E-state index in [-0.39, 0.29) is 0 Å². The first-order chi connectivity index (χ1) is 9.79. The minimum atomic E-state index is 0.383. The molecule has 1 amide bonds. The monoisotopic (exact) mass is 273 g/mol. The number of carbonyl (C=O) groups is 1. The average Bonchev–Trinajstić information content (AvgIpc) is 3.21. The van der Waals surface area contributed by atoms with Crippen LogP contribution in [0.4, 0.5) is 0 Å². The first-order valence-electron chi connectivity index (χ1n) is 8.06. The molecule has 20 heavy (non-hydrogen) atoms. The van der Waals surface area contributed by atoms with Crippen molar-refractivity contribution in [2.24, 2.45) is 17.8 Å². The van der Waals surface area contributed by atoms with Crippen LogP contribution < -0.4 is 0 Å². The summed E-state index contributed by atoms with van der Waals surface area (Å²) in [6, 6.07) is 2.34. The second-order valence-electron chi connectivity index (χ2n) is 6.91. The van der Waals surface area contributed by atoms with Gasteiger partial charge >= 0.3 is 0 Å². The second kappa shape index (κ2) is 4.90. The molecule has 0 spiro atoms. The van der Waals surface area contributed by atoms with Crippen LogP contribution in [0.5, 0.6) is 0 Å². The highest BCUT2D eigenvalue weighted by molar-refractivity contribution is 5.76. The van der Waals surface area contributed by atoms with Crippen LogP contribution in [-0.2, 0) is 4.79 Å². The van der Waals surface area contributed by atoms with Gasteiger partial charge in [-0.3, -0.25) is 9.48 Å². The summed E-state index contributed by atoms with van der Waals surface area (Å²) in [4.78, 5) is 14.6. The van der Waals surface area contributed by atoms with Crippen LogP contribution >= 0.6 is 0 Å². The molecule has 0 aromatic carbocycles. The van der Waals surface area contributed by atoms with Gasteiger partial charge in [-0.05, 0) is 49.5 Å². The lowest BCUT2D eigenvalue weighted by Crippen LogP contribution is -2.31. The molecule has 3 fully saturated rings. The lowest BCUT2D eigenvalue weighted by atomic mass is 9.86. The summed E-state index contributed by atoms with van der Waals surface area (Å²) in [7, 11) is 0. The summed E-state index contributed by atoms with van der Waals surface area (Å²) in [5.74, 6) is 2.86. The quantitative estimate of drug-likeness (QED) is 0.848. The second-order valence-corrected chi connectivity index (χ2v) is 6.91. The van der Waals surface area contributed by atoms with Crippen molar-refractivity contribution in [3.8, 4) is 0 Å². The van der Waals surface area contributed by atoms with E-state index in [0.717, 1.165) is 37.8 Å². The van der Waals surface area contributed by atoms with Crippen LogP contribution in [0.3, 0.4) is 0 Å². The molecule has 2 heterocycles. The van der Waals surface area contributed by atoms with Gasteiger partial charge in [-0.2, -0.15) is 5.10 Å². The zero-order valence-corrected chi connectivity index (χ0v) is 11.9. The van der Waals surface area contributed by atoms with Crippen LogP contribution in [0.2, 0.25) is 0 Å². The largest absolute Gasteiger partial charge is 0.340 e. The molecular weight excluding hydrogens is 250 g/mol. The summed E-state index contributed by atoms with van der Waals surface area (Å²) < 4.78 is 2.00. The maximum Gasteiger partial charge on any atom is 0.222 e. The minimum Gasteiger partial charge on any atom is -0.340 e. The molecule has 2 saturated carbocycles. The Morgan fingerprint density at radius 3 is 2.90 bits per heavy atom. The molecular formula is C16H23N3O. The van der Waals surface area contributed by atoms with E-state index in [0.29, 0.717) is 17.9 Å². The molecule has 1 aliphatic heterocycles. The lowest BCUT2D eigenvalue weighted by Gasteiger charge is -2.24. The van der Waals surface area contributed by atoms with Crippen molar-refractivity contribution >= 4 is 5.91 Å². The first-order valence-corrected chi connectivity index (χ1v) is 8.06. The van der Waals surface area contributed by atoms with Crippen LogP contribution in [0.25, 0.3) is 0 Å². The number of amides is 1. The average molecular weight is 273 g/mol. The molecule has 4 heteroatoms. The van der Waals surface area contributed by atoms with E-state index >= 15 is 0 Å². The molecule has 1 saturated heterocycles. The maximum absolute atomic E-state index is 12.5. The fraction of sp³-hybridized carbons (Fsp3) is 0.750. The van der Waals surface area contributed by atoms with Gasteiger partial charge in [-0.25, -0.2) is 0 Å². The Balaban J connectivity index is 1.33. The number of hydrogen-bond donors (Lipinski definition) is 0. The Bertz CT molecular complexity index is 484. The normalized spacial score (nSPS) is 35.9. The highest BCUT2D eigenvalue weighted by Gasteiger charge is 2.41. The zero-order chi connectivity index (χ0) is 13.5. The number of rotatable bonds is 3. The van der Waals surface area contributed by atoms with Crippen molar-refractivity contribution < 1.29 is 4.79 Å². The van der Waals surface area contributed by atoms with Crippen molar-refractivity contribution in [2.45, 2.75) is 44.6 Å². The predicted molar refractivity (Wildman–Crippen MR) is 76.0 cm³/mol. The smallest absolute Gasteiger partial charge is 0.222 e. The van der Waals surface area contributed by atoms with E-state index < -0.39 is 0 Å². The lowest BCUT2D eigenvalue weighted by molar-refractivity contribution is -0.131. The van der Waals surface area contributed by atoms with Gasteiger partial charge in [0.05, 0.1) is 6.04 Å². The number of fused-ring (bicyclic) bond motifs is 2. The molecule has 2 bridgehead atoms. The maximum atomic E-state index is 12.5. The van der Waals surface area contributed by atoms with Crippen molar-refractivity contribution in [2.75, 3.05) is 13.1 Å². The molecule has 0 radical (unpaired) electrons. The van der Waals surface area contributed by atoms with E-state index in [1.807, 2.05) is 23.1 Å². The van der Waals surface area contributed by atoms with Crippen molar-refractivity contribution in [3.63, 3.8) is 0 Å². The molecule has 108 valence electrons. The standard InChI is InChI=1S/C16H23N3O/c20-16(10-14-9-12-2-3-13(14)8-12)18-7-4-15(11-18)19-6-1-5-17-19/h1,5-6,12-15H,2-4,7-11H2/t12-,13-,14+,15-/m0/s1. The third-order valence-corrected chi connectivity index (χ3v) is 5.74. The van der Waals surface area contributed by atoms with Gasteiger partial charge in [-0.15, -0.1) is 0 Å². The topological polar surface area (TPSA) is 38.1 Å². The van der Waals surface area contributed by atoms with E-state index in [9.17, 15) is 4.79 Å². The Hall–Kier alpha value is -1.32. The van der Waals surface area contributed by atoms with Crippen molar-refractivity contribution in [1.29, 1.82) is 0 Å². The number of aromatic nitrogens is 2. The van der Waals surface area contributed by atoms with Gasteiger partial charge in [0, 0.05) is 31.9 Å². The van der Waals surface area contributed by atoms with Crippen molar-refractivity contribution in [3.05, 3.63) is 18.5 Å². The molecule has 1 aromatic rings. The van der Waals surface area contributed by atoms with E-state index in [4.69, 9.17) is 0 Å². The minimum absolute atomic E-state index is 0.383. The zero-order valence-electron chi connectivity index (χ0n) is 11.9. The summed E-state index contributed by atoms with van der Waals surface area (Å²) in [6.07, 6.45) is 11.2. The summed E-state index contributed by atoms with van der Waals surface area (Å²) in [6.45, 7) is 1.76. The van der Waals surface area contributed by atoms with Gasteiger partial charge in [0.15, 0.2) is 0 Å². The highest BCUT2D eigenvalue weighted by atomic mass is 16.2. The number of likely N-dealkylation sites (tertiary alicyclic amines) is 1. The number of carbonyl (C=O) groups excluding carboxylic acids is 1. The first kappa shape index (κ1) is 12.4. The van der Waals surface area contributed by atoms with Gasteiger partial charge < -0.3 is 4.90 Å². The highest BCUT2D eigenvalue weighted by Crippen LogP contribution is 2.49. The molecule has 0 N–H and O–H groups in total. The Kier molecular flexibility index (Phi) is 3.04. The Morgan fingerprint density at radius 2 is 2.20 bits per heavy atom. The van der Waals surface area contributed by atoms with Crippen LogP contribution in [0.1, 0.15) is 44.6 Å². The molecule has 2 aliphatic carbocycles. The van der Waals surface area contributed by atoms with Crippen LogP contribution in [-0.4, -0.2) is 33.7 Å². The van der Waals surface area contributed by atoms with E-state index in [1.54, 1.807) is 0 Å². The molecule has 4 rings (SSSR count). The molecule has 1 aromatic heterocycles. The van der Waals surface area contributed by atoms with Gasteiger partial charge in [0.25, 0.3) is 0 Å². The van der Waals surface area contributed by atoms with Crippen LogP contribution in [0, 0.1) is 17.8 Å². The van der Waals surface area contributed by atoms with Gasteiger partial charge in [-0.1, -0.05) is 6.42 Å². The third-order valence-electron chi connectivity index (χ3n) is 5.74.